The third-order valence-corrected chi connectivity index (χ3v) is 3.73. The number of ketones is 1. The topological polar surface area (TPSA) is 61.8 Å². The van der Waals surface area contributed by atoms with Crippen molar-refractivity contribution in [2.24, 2.45) is 0 Å². The summed E-state index contributed by atoms with van der Waals surface area (Å²) in [5, 5.41) is 0. The van der Waals surface area contributed by atoms with Gasteiger partial charge < -0.3 is 14.2 Å². The van der Waals surface area contributed by atoms with Gasteiger partial charge in [0.1, 0.15) is 5.78 Å². The standard InChI is InChI=1S/C16H20O5/c1-4-21-16(18)9-12-11-8-15(20-3)14(19-2)7-10(11)5-6-13(12)17/h7-8,12H,4-6,9H2,1-3H3/t12-/m1/s1. The summed E-state index contributed by atoms with van der Waals surface area (Å²) in [4.78, 5) is 23.9. The van der Waals surface area contributed by atoms with Crippen molar-refractivity contribution in [1.29, 1.82) is 0 Å². The molecule has 1 aromatic rings. The number of esters is 1. The van der Waals surface area contributed by atoms with Gasteiger partial charge in [-0.1, -0.05) is 0 Å². The molecule has 2 rings (SSSR count). The molecule has 0 heterocycles. The maximum Gasteiger partial charge on any atom is 0.306 e. The molecule has 21 heavy (non-hydrogen) atoms. The van der Waals surface area contributed by atoms with Crippen LogP contribution in [0.2, 0.25) is 0 Å². The summed E-state index contributed by atoms with van der Waals surface area (Å²) in [6, 6.07) is 3.69. The predicted octanol–water partition coefficient (Wildman–Crippen LogP) is 2.26. The summed E-state index contributed by atoms with van der Waals surface area (Å²) in [7, 11) is 3.13. The number of rotatable bonds is 5. The molecule has 0 bridgehead atoms. The zero-order valence-electron chi connectivity index (χ0n) is 12.6. The molecule has 0 saturated heterocycles. The Morgan fingerprint density at radius 1 is 1.19 bits per heavy atom. The predicted molar refractivity (Wildman–Crippen MR) is 76.9 cm³/mol. The van der Waals surface area contributed by atoms with Crippen LogP contribution < -0.4 is 9.47 Å². The monoisotopic (exact) mass is 292 g/mol. The smallest absolute Gasteiger partial charge is 0.306 e. The first-order valence-corrected chi connectivity index (χ1v) is 7.03. The second kappa shape index (κ2) is 6.61. The van der Waals surface area contributed by atoms with Crippen molar-refractivity contribution in [3.05, 3.63) is 23.3 Å². The Morgan fingerprint density at radius 2 is 1.86 bits per heavy atom. The largest absolute Gasteiger partial charge is 0.493 e. The van der Waals surface area contributed by atoms with E-state index in [1.807, 2.05) is 6.07 Å². The van der Waals surface area contributed by atoms with Gasteiger partial charge in [0.2, 0.25) is 0 Å². The summed E-state index contributed by atoms with van der Waals surface area (Å²) >= 11 is 0. The minimum atomic E-state index is -0.451. The van der Waals surface area contributed by atoms with E-state index in [4.69, 9.17) is 14.2 Å². The number of ether oxygens (including phenoxy) is 3. The highest BCUT2D eigenvalue weighted by molar-refractivity contribution is 5.92. The molecule has 0 N–H and O–H groups in total. The zero-order valence-corrected chi connectivity index (χ0v) is 12.6. The van der Waals surface area contributed by atoms with E-state index in [9.17, 15) is 9.59 Å². The quantitative estimate of drug-likeness (QED) is 0.779. The van der Waals surface area contributed by atoms with E-state index in [1.54, 1.807) is 27.2 Å². The molecule has 0 amide bonds. The fourth-order valence-electron chi connectivity index (χ4n) is 2.69. The fourth-order valence-corrected chi connectivity index (χ4v) is 2.69. The van der Waals surface area contributed by atoms with Crippen LogP contribution in [0.4, 0.5) is 0 Å². The van der Waals surface area contributed by atoms with Crippen molar-refractivity contribution in [2.45, 2.75) is 32.1 Å². The average molecular weight is 292 g/mol. The SMILES string of the molecule is CCOC(=O)C[C@H]1C(=O)CCc2cc(OC)c(OC)cc21. The number of methoxy groups -OCH3 is 2. The first-order valence-electron chi connectivity index (χ1n) is 7.03. The van der Waals surface area contributed by atoms with Gasteiger partial charge in [-0.05, 0) is 36.6 Å². The Balaban J connectivity index is 2.37. The molecule has 0 saturated carbocycles. The Morgan fingerprint density at radius 3 is 2.48 bits per heavy atom. The lowest BCUT2D eigenvalue weighted by atomic mass is 9.80. The fraction of sp³-hybridized carbons (Fsp3) is 0.500. The van der Waals surface area contributed by atoms with Crippen LogP contribution in [0, 0.1) is 0 Å². The van der Waals surface area contributed by atoms with Gasteiger partial charge in [0, 0.05) is 6.42 Å². The highest BCUT2D eigenvalue weighted by Gasteiger charge is 2.31. The lowest BCUT2D eigenvalue weighted by Crippen LogP contribution is -2.24. The number of fused-ring (bicyclic) bond motifs is 1. The summed E-state index contributed by atoms with van der Waals surface area (Å²) in [5.41, 5.74) is 1.87. The summed E-state index contributed by atoms with van der Waals surface area (Å²) in [6.45, 7) is 2.07. The number of hydrogen-bond acceptors (Lipinski definition) is 5. The summed E-state index contributed by atoms with van der Waals surface area (Å²) in [5.74, 6) is 0.481. The molecule has 5 heteroatoms. The molecule has 0 spiro atoms. The van der Waals surface area contributed by atoms with Crippen molar-refractivity contribution >= 4 is 11.8 Å². The molecule has 0 aliphatic heterocycles. The third-order valence-electron chi connectivity index (χ3n) is 3.73. The number of aryl methyl sites for hydroxylation is 1. The van der Waals surface area contributed by atoms with Crippen molar-refractivity contribution in [3.63, 3.8) is 0 Å². The van der Waals surface area contributed by atoms with Gasteiger partial charge in [-0.15, -0.1) is 0 Å². The number of benzene rings is 1. The molecular formula is C16H20O5. The molecule has 0 aromatic heterocycles. The van der Waals surface area contributed by atoms with Crippen LogP contribution in [-0.4, -0.2) is 32.6 Å². The van der Waals surface area contributed by atoms with Gasteiger partial charge in [-0.2, -0.15) is 0 Å². The Kier molecular flexibility index (Phi) is 4.83. The van der Waals surface area contributed by atoms with Crippen LogP contribution in [0.5, 0.6) is 11.5 Å². The third kappa shape index (κ3) is 3.17. The molecule has 1 aromatic carbocycles. The lowest BCUT2D eigenvalue weighted by molar-refractivity contribution is -0.145. The number of carbonyl (C=O) groups is 2. The summed E-state index contributed by atoms with van der Waals surface area (Å²) < 4.78 is 15.5. The first kappa shape index (κ1) is 15.4. The van der Waals surface area contributed by atoms with Gasteiger partial charge in [-0.25, -0.2) is 0 Å². The molecule has 1 atom stereocenters. The second-order valence-electron chi connectivity index (χ2n) is 4.93. The first-order chi connectivity index (χ1) is 10.1. The normalized spacial score (nSPS) is 17.1. The van der Waals surface area contributed by atoms with Crippen molar-refractivity contribution < 1.29 is 23.8 Å². The van der Waals surface area contributed by atoms with Crippen molar-refractivity contribution in [2.75, 3.05) is 20.8 Å². The van der Waals surface area contributed by atoms with Crippen LogP contribution >= 0.6 is 0 Å². The molecule has 114 valence electrons. The van der Waals surface area contributed by atoms with Crippen molar-refractivity contribution in [1.82, 2.24) is 0 Å². The second-order valence-corrected chi connectivity index (χ2v) is 4.93. The maximum absolute atomic E-state index is 12.2. The molecule has 0 unspecified atom stereocenters. The van der Waals surface area contributed by atoms with Crippen LogP contribution in [0.1, 0.15) is 36.8 Å². The number of Topliss-reactive ketones (excluding diaryl/α,β-unsaturated/α-hetero) is 1. The van der Waals surface area contributed by atoms with Gasteiger partial charge >= 0.3 is 5.97 Å². The molecule has 1 aliphatic rings. The zero-order chi connectivity index (χ0) is 15.4. The van der Waals surface area contributed by atoms with E-state index in [2.05, 4.69) is 0 Å². The van der Waals surface area contributed by atoms with E-state index in [-0.39, 0.29) is 18.2 Å². The van der Waals surface area contributed by atoms with Crippen LogP contribution in [0.3, 0.4) is 0 Å². The minimum Gasteiger partial charge on any atom is -0.493 e. The minimum absolute atomic E-state index is 0.0720. The van der Waals surface area contributed by atoms with E-state index >= 15 is 0 Å². The Bertz CT molecular complexity index is 550. The average Bonchev–Trinajstić information content (AvgIpc) is 2.49. The van der Waals surface area contributed by atoms with Crippen LogP contribution in [0.25, 0.3) is 0 Å². The molecule has 5 nitrogen and oxygen atoms in total. The van der Waals surface area contributed by atoms with Gasteiger partial charge in [-0.3, -0.25) is 9.59 Å². The number of carbonyl (C=O) groups excluding carboxylic acids is 2. The van der Waals surface area contributed by atoms with E-state index in [0.717, 1.165) is 11.1 Å². The molecule has 1 aliphatic carbocycles. The van der Waals surface area contributed by atoms with E-state index in [1.165, 1.54) is 0 Å². The van der Waals surface area contributed by atoms with E-state index in [0.29, 0.717) is 30.9 Å². The van der Waals surface area contributed by atoms with Crippen LogP contribution in [-0.2, 0) is 20.7 Å². The van der Waals surface area contributed by atoms with Crippen molar-refractivity contribution in [3.8, 4) is 11.5 Å². The van der Waals surface area contributed by atoms with E-state index < -0.39 is 5.92 Å². The highest BCUT2D eigenvalue weighted by atomic mass is 16.5. The Labute approximate surface area is 124 Å². The van der Waals surface area contributed by atoms with Crippen LogP contribution in [0.15, 0.2) is 12.1 Å². The molecule has 0 fully saturated rings. The number of hydrogen-bond donors (Lipinski definition) is 0. The molecular weight excluding hydrogens is 272 g/mol. The van der Waals surface area contributed by atoms with Gasteiger partial charge in [0.15, 0.2) is 11.5 Å². The van der Waals surface area contributed by atoms with Gasteiger partial charge in [0.05, 0.1) is 33.2 Å². The lowest BCUT2D eigenvalue weighted by Gasteiger charge is -2.25. The highest BCUT2D eigenvalue weighted by Crippen LogP contribution is 2.39. The summed E-state index contributed by atoms with van der Waals surface area (Å²) in [6.07, 6.45) is 1.18. The maximum atomic E-state index is 12.2. The Hall–Kier alpha value is -2.04. The molecule has 0 radical (unpaired) electrons. The van der Waals surface area contributed by atoms with Gasteiger partial charge in [0.25, 0.3) is 0 Å².